The summed E-state index contributed by atoms with van der Waals surface area (Å²) in [4.78, 5) is 17.8. The van der Waals surface area contributed by atoms with Crippen molar-refractivity contribution in [2.24, 2.45) is 0 Å². The summed E-state index contributed by atoms with van der Waals surface area (Å²) < 4.78 is 9.92. The first-order valence-electron chi connectivity index (χ1n) is 5.90. The third-order valence-electron chi connectivity index (χ3n) is 2.84. The zero-order valence-corrected chi connectivity index (χ0v) is 10.7. The van der Waals surface area contributed by atoms with E-state index in [0.29, 0.717) is 12.5 Å². The third kappa shape index (κ3) is 1.92. The highest BCUT2D eigenvalue weighted by Gasteiger charge is 2.21. The molecular weight excluding hydrogens is 252 g/mol. The van der Waals surface area contributed by atoms with Gasteiger partial charge in [-0.1, -0.05) is 0 Å². The first-order valence-corrected chi connectivity index (χ1v) is 6.72. The third-order valence-corrected chi connectivity index (χ3v) is 4.07. The van der Waals surface area contributed by atoms with Crippen molar-refractivity contribution in [3.8, 4) is 10.8 Å². The summed E-state index contributed by atoms with van der Waals surface area (Å²) in [5.74, 6) is -0.158. The van der Waals surface area contributed by atoms with Crippen LogP contribution in [0.1, 0.15) is 34.4 Å². The number of ether oxygens (including phenoxy) is 1. The molecule has 1 aliphatic rings. The van der Waals surface area contributed by atoms with Gasteiger partial charge in [0.1, 0.15) is 0 Å². The van der Waals surface area contributed by atoms with Gasteiger partial charge in [0.05, 0.1) is 11.5 Å². The van der Waals surface area contributed by atoms with Crippen molar-refractivity contribution >= 4 is 17.3 Å². The number of fused-ring (bicyclic) bond motifs is 1. The Labute approximate surface area is 108 Å². The predicted octanol–water partition coefficient (Wildman–Crippen LogP) is 2.46. The zero-order valence-electron chi connectivity index (χ0n) is 9.93. The Bertz CT molecular complexity index is 566. The van der Waals surface area contributed by atoms with Crippen LogP contribution in [0.15, 0.2) is 10.6 Å². The maximum Gasteiger partial charge on any atom is 0.379 e. The molecule has 2 heterocycles. The molecule has 0 atom stereocenters. The van der Waals surface area contributed by atoms with Gasteiger partial charge in [-0.05, 0) is 43.0 Å². The Hall–Kier alpha value is -1.69. The smallest absolute Gasteiger partial charge is 0.379 e. The highest BCUT2D eigenvalue weighted by molar-refractivity contribution is 7.15. The predicted molar refractivity (Wildman–Crippen MR) is 65.6 cm³/mol. The average molecular weight is 264 g/mol. The number of hydrogen-bond donors (Lipinski definition) is 0. The molecule has 2 aromatic rings. The van der Waals surface area contributed by atoms with Gasteiger partial charge in [0.25, 0.3) is 11.7 Å². The van der Waals surface area contributed by atoms with Crippen molar-refractivity contribution in [1.29, 1.82) is 0 Å². The minimum absolute atomic E-state index is 0.0135. The van der Waals surface area contributed by atoms with Crippen molar-refractivity contribution in [3.05, 3.63) is 22.3 Å². The van der Waals surface area contributed by atoms with E-state index in [1.54, 1.807) is 18.3 Å². The van der Waals surface area contributed by atoms with Crippen LogP contribution in [0.4, 0.5) is 0 Å². The van der Waals surface area contributed by atoms with Gasteiger partial charge in [-0.2, -0.15) is 4.98 Å². The van der Waals surface area contributed by atoms with Gasteiger partial charge in [-0.15, -0.1) is 11.3 Å². The molecule has 0 saturated carbocycles. The molecular formula is C12H12N2O3S. The van der Waals surface area contributed by atoms with Crippen LogP contribution in [0.25, 0.3) is 10.8 Å². The molecule has 1 aliphatic carbocycles. The van der Waals surface area contributed by atoms with Gasteiger partial charge < -0.3 is 9.26 Å². The van der Waals surface area contributed by atoms with Crippen LogP contribution in [0, 0.1) is 0 Å². The van der Waals surface area contributed by atoms with E-state index in [-0.39, 0.29) is 5.82 Å². The summed E-state index contributed by atoms with van der Waals surface area (Å²) in [6.07, 6.45) is 3.46. The van der Waals surface area contributed by atoms with Gasteiger partial charge in [0.2, 0.25) is 0 Å². The number of nitrogens with zero attached hydrogens (tertiary/aromatic N) is 2. The first-order chi connectivity index (χ1) is 8.78. The quantitative estimate of drug-likeness (QED) is 0.797. The molecule has 0 amide bonds. The summed E-state index contributed by atoms with van der Waals surface area (Å²) >= 11 is 1.67. The summed E-state index contributed by atoms with van der Waals surface area (Å²) in [7, 11) is 0. The van der Waals surface area contributed by atoms with Crippen molar-refractivity contribution in [3.63, 3.8) is 0 Å². The summed E-state index contributed by atoms with van der Waals surface area (Å²) in [5, 5.41) is 3.64. The fraction of sp³-hybridized carbons (Fsp3) is 0.417. The second-order valence-corrected chi connectivity index (χ2v) is 5.19. The number of carbonyl (C=O) groups is 1. The number of esters is 1. The van der Waals surface area contributed by atoms with Crippen molar-refractivity contribution < 1.29 is 14.1 Å². The van der Waals surface area contributed by atoms with E-state index in [1.165, 1.54) is 16.9 Å². The molecule has 0 fully saturated rings. The lowest BCUT2D eigenvalue weighted by atomic mass is 10.2. The van der Waals surface area contributed by atoms with E-state index in [9.17, 15) is 4.79 Å². The fourth-order valence-corrected chi connectivity index (χ4v) is 3.21. The molecule has 5 nitrogen and oxygen atoms in total. The van der Waals surface area contributed by atoms with E-state index >= 15 is 0 Å². The lowest BCUT2D eigenvalue weighted by Gasteiger charge is -1.93. The van der Waals surface area contributed by atoms with Gasteiger partial charge in [-0.3, -0.25) is 0 Å². The van der Waals surface area contributed by atoms with Crippen molar-refractivity contribution in [2.45, 2.75) is 26.2 Å². The molecule has 3 rings (SSSR count). The normalized spacial score (nSPS) is 13.6. The Morgan fingerprint density at radius 3 is 3.22 bits per heavy atom. The SMILES string of the molecule is CCOC(=O)c1noc(-c2cc3c(s2)CCC3)n1. The molecule has 0 aliphatic heterocycles. The minimum Gasteiger partial charge on any atom is -0.460 e. The van der Waals surface area contributed by atoms with Gasteiger partial charge in [-0.25, -0.2) is 4.79 Å². The lowest BCUT2D eigenvalue weighted by Crippen LogP contribution is -2.06. The van der Waals surface area contributed by atoms with E-state index in [1.807, 2.05) is 0 Å². The first kappa shape index (κ1) is 11.4. The van der Waals surface area contributed by atoms with Crippen LogP contribution in [0.2, 0.25) is 0 Å². The maximum absolute atomic E-state index is 11.4. The minimum atomic E-state index is -0.545. The number of hydrogen-bond acceptors (Lipinski definition) is 6. The Kier molecular flexibility index (Phi) is 2.87. The second-order valence-electron chi connectivity index (χ2n) is 4.06. The average Bonchev–Trinajstić information content (AvgIpc) is 3.03. The molecule has 0 radical (unpaired) electrons. The number of carbonyl (C=O) groups excluding carboxylic acids is 1. The highest BCUT2D eigenvalue weighted by Crippen LogP contribution is 2.35. The van der Waals surface area contributed by atoms with E-state index < -0.39 is 5.97 Å². The topological polar surface area (TPSA) is 65.2 Å². The molecule has 6 heteroatoms. The van der Waals surface area contributed by atoms with Gasteiger partial charge in [0, 0.05) is 4.88 Å². The molecule has 0 saturated heterocycles. The number of thiophene rings is 1. The van der Waals surface area contributed by atoms with E-state index in [4.69, 9.17) is 9.26 Å². The summed E-state index contributed by atoms with van der Waals surface area (Å²) in [6, 6.07) is 2.08. The maximum atomic E-state index is 11.4. The van der Waals surface area contributed by atoms with Crippen LogP contribution >= 0.6 is 11.3 Å². The molecule has 0 aromatic carbocycles. The molecule has 0 spiro atoms. The van der Waals surface area contributed by atoms with Crippen molar-refractivity contribution in [2.75, 3.05) is 6.61 Å². The zero-order chi connectivity index (χ0) is 12.5. The number of rotatable bonds is 3. The fourth-order valence-electron chi connectivity index (χ4n) is 2.04. The Morgan fingerprint density at radius 2 is 2.44 bits per heavy atom. The lowest BCUT2D eigenvalue weighted by molar-refractivity contribution is 0.0508. The van der Waals surface area contributed by atoms with Crippen LogP contribution in [0.5, 0.6) is 0 Å². The largest absolute Gasteiger partial charge is 0.460 e. The second kappa shape index (κ2) is 4.53. The molecule has 2 aromatic heterocycles. The van der Waals surface area contributed by atoms with E-state index in [2.05, 4.69) is 16.2 Å². The molecule has 0 bridgehead atoms. The molecule has 94 valence electrons. The summed E-state index contributed by atoms with van der Waals surface area (Å²) in [5.41, 5.74) is 1.37. The Morgan fingerprint density at radius 1 is 1.56 bits per heavy atom. The monoisotopic (exact) mass is 264 g/mol. The highest BCUT2D eigenvalue weighted by atomic mass is 32.1. The van der Waals surface area contributed by atoms with Crippen LogP contribution < -0.4 is 0 Å². The van der Waals surface area contributed by atoms with Crippen LogP contribution in [-0.2, 0) is 17.6 Å². The van der Waals surface area contributed by atoms with Crippen LogP contribution in [0.3, 0.4) is 0 Å². The number of aryl methyl sites for hydroxylation is 2. The Balaban J connectivity index is 1.86. The molecule has 0 unspecified atom stereocenters. The molecule has 0 N–H and O–H groups in total. The van der Waals surface area contributed by atoms with Crippen LogP contribution in [-0.4, -0.2) is 22.7 Å². The van der Waals surface area contributed by atoms with Crippen molar-refractivity contribution in [1.82, 2.24) is 10.1 Å². The molecule has 18 heavy (non-hydrogen) atoms. The standard InChI is InChI=1S/C12H12N2O3S/c1-2-16-12(15)10-13-11(17-14-10)9-6-7-4-3-5-8(7)18-9/h6H,2-5H2,1H3. The summed E-state index contributed by atoms with van der Waals surface area (Å²) in [6.45, 7) is 2.04. The van der Waals surface area contributed by atoms with E-state index in [0.717, 1.165) is 17.7 Å². The van der Waals surface area contributed by atoms with Gasteiger partial charge in [0.15, 0.2) is 0 Å². The van der Waals surface area contributed by atoms with Gasteiger partial charge >= 0.3 is 5.97 Å². The number of aromatic nitrogens is 2.